The predicted molar refractivity (Wildman–Crippen MR) is 143 cm³/mol. The Labute approximate surface area is 210 Å². The van der Waals surface area contributed by atoms with Gasteiger partial charge in [-0.1, -0.05) is 41.9 Å². The number of oxazole rings is 1. The van der Waals surface area contributed by atoms with E-state index >= 15 is 0 Å². The highest BCUT2D eigenvalue weighted by Crippen LogP contribution is 2.35. The normalized spacial score (nSPS) is 11.1. The molecule has 0 spiro atoms. The number of hydrogen-bond donors (Lipinski definition) is 2. The number of thiocarbonyl (C=S) groups is 1. The molecule has 0 aliphatic carbocycles. The topological polar surface area (TPSA) is 67.2 Å². The Morgan fingerprint density at radius 3 is 2.59 bits per heavy atom. The summed E-state index contributed by atoms with van der Waals surface area (Å²) in [5, 5.41) is 7.25. The van der Waals surface area contributed by atoms with Crippen LogP contribution in [0, 0.1) is 13.8 Å². The zero-order valence-electron chi connectivity index (χ0n) is 18.4. The second-order valence-electron chi connectivity index (χ2n) is 8.04. The summed E-state index contributed by atoms with van der Waals surface area (Å²) >= 11 is 13.1. The van der Waals surface area contributed by atoms with E-state index in [1.807, 2.05) is 60.7 Å². The Bertz CT molecular complexity index is 1520. The van der Waals surface area contributed by atoms with Gasteiger partial charge in [0.15, 0.2) is 16.6 Å². The number of aryl methyl sites for hydroxylation is 2. The number of nitrogens with zero attached hydrogens (tertiary/aromatic N) is 1. The molecule has 1 amide bonds. The number of halogens is 1. The number of carbonyl (C=O) groups is 1. The second kappa shape index (κ2) is 9.18. The highest BCUT2D eigenvalue weighted by atomic mass is 35.5. The third-order valence-corrected chi connectivity index (χ3v) is 7.46. The second-order valence-corrected chi connectivity index (χ2v) is 9.87. The number of hydrogen-bond acceptors (Lipinski definition) is 5. The molecule has 0 aliphatic rings. The van der Waals surface area contributed by atoms with E-state index in [0.717, 1.165) is 32.4 Å². The summed E-state index contributed by atoms with van der Waals surface area (Å²) in [5.41, 5.74) is 5.87. The molecule has 0 fully saturated rings. The van der Waals surface area contributed by atoms with E-state index in [2.05, 4.69) is 29.5 Å². The Hall–Kier alpha value is -3.26. The lowest BCUT2D eigenvalue weighted by atomic mass is 10.1. The van der Waals surface area contributed by atoms with Gasteiger partial charge in [0.05, 0.1) is 5.02 Å². The molecule has 5 rings (SSSR count). The van der Waals surface area contributed by atoms with E-state index in [0.29, 0.717) is 22.2 Å². The van der Waals surface area contributed by atoms with Crippen LogP contribution in [0.1, 0.15) is 32.3 Å². The number of amides is 1. The maximum Gasteiger partial charge on any atom is 0.269 e. The molecular formula is C26H20ClN3O2S2. The largest absolute Gasteiger partial charge is 0.440 e. The van der Waals surface area contributed by atoms with Crippen LogP contribution >= 0.6 is 35.2 Å². The fourth-order valence-corrected chi connectivity index (χ4v) is 5.29. The third-order valence-electron chi connectivity index (χ3n) is 5.58. The van der Waals surface area contributed by atoms with Gasteiger partial charge >= 0.3 is 0 Å². The number of benzene rings is 3. The van der Waals surface area contributed by atoms with Crippen molar-refractivity contribution in [2.24, 2.45) is 0 Å². The van der Waals surface area contributed by atoms with Crippen molar-refractivity contribution in [1.29, 1.82) is 0 Å². The molecule has 170 valence electrons. The van der Waals surface area contributed by atoms with Crippen LogP contribution in [0.25, 0.3) is 21.2 Å². The summed E-state index contributed by atoms with van der Waals surface area (Å²) in [6.45, 7) is 4.13. The average Bonchev–Trinajstić information content (AvgIpc) is 3.35. The minimum Gasteiger partial charge on any atom is -0.440 e. The van der Waals surface area contributed by atoms with Gasteiger partial charge in [0.2, 0.25) is 0 Å². The van der Waals surface area contributed by atoms with Crippen LogP contribution in [0.3, 0.4) is 0 Å². The first-order valence-corrected chi connectivity index (χ1v) is 12.2. The smallest absolute Gasteiger partial charge is 0.269 e. The van der Waals surface area contributed by atoms with Gasteiger partial charge in [-0.15, -0.1) is 11.3 Å². The van der Waals surface area contributed by atoms with Gasteiger partial charge in [0, 0.05) is 22.2 Å². The summed E-state index contributed by atoms with van der Waals surface area (Å²) in [4.78, 5) is 17.7. The molecule has 34 heavy (non-hydrogen) atoms. The maximum atomic E-state index is 12.7. The first kappa shape index (κ1) is 22.5. The Kier molecular flexibility index (Phi) is 6.08. The lowest BCUT2D eigenvalue weighted by Crippen LogP contribution is -2.33. The monoisotopic (exact) mass is 505 g/mol. The van der Waals surface area contributed by atoms with Crippen LogP contribution in [0.5, 0.6) is 0 Å². The quantitative estimate of drug-likeness (QED) is 0.257. The van der Waals surface area contributed by atoms with Gasteiger partial charge in [0.25, 0.3) is 5.91 Å². The van der Waals surface area contributed by atoms with Crippen LogP contribution < -0.4 is 10.6 Å². The fourth-order valence-electron chi connectivity index (χ4n) is 3.67. The van der Waals surface area contributed by atoms with E-state index in [9.17, 15) is 4.79 Å². The maximum absolute atomic E-state index is 12.7. The first-order valence-electron chi connectivity index (χ1n) is 10.6. The number of rotatable bonds is 4. The number of carbonyl (C=O) groups excluding carboxylic acids is 1. The van der Waals surface area contributed by atoms with Crippen molar-refractivity contribution in [2.45, 2.75) is 20.3 Å². The Balaban J connectivity index is 1.22. The van der Waals surface area contributed by atoms with Gasteiger partial charge in [-0.05, 0) is 73.1 Å². The molecule has 5 aromatic rings. The number of fused-ring (bicyclic) bond motifs is 2. The molecule has 2 aromatic heterocycles. The van der Waals surface area contributed by atoms with E-state index in [1.54, 1.807) is 0 Å². The van der Waals surface area contributed by atoms with Gasteiger partial charge in [-0.25, -0.2) is 4.98 Å². The number of thiophene rings is 1. The van der Waals surface area contributed by atoms with Crippen LogP contribution in [0.2, 0.25) is 5.02 Å². The zero-order valence-corrected chi connectivity index (χ0v) is 20.8. The summed E-state index contributed by atoms with van der Waals surface area (Å²) in [6, 6.07) is 19.5. The summed E-state index contributed by atoms with van der Waals surface area (Å²) in [6.07, 6.45) is 0.582. The molecule has 0 radical (unpaired) electrons. The molecule has 3 aromatic carbocycles. The lowest BCUT2D eigenvalue weighted by Gasteiger charge is -2.09. The predicted octanol–water partition coefficient (Wildman–Crippen LogP) is 7.03. The van der Waals surface area contributed by atoms with Gasteiger partial charge in [-0.3, -0.25) is 10.1 Å². The van der Waals surface area contributed by atoms with Crippen LogP contribution in [0.15, 0.2) is 65.1 Å². The molecule has 0 saturated heterocycles. The van der Waals surface area contributed by atoms with Crippen molar-refractivity contribution in [3.8, 4) is 0 Å². The summed E-state index contributed by atoms with van der Waals surface area (Å²) in [7, 11) is 0. The first-order chi connectivity index (χ1) is 16.4. The highest BCUT2D eigenvalue weighted by Gasteiger charge is 2.18. The summed E-state index contributed by atoms with van der Waals surface area (Å²) < 4.78 is 6.87. The van der Waals surface area contributed by atoms with Crippen LogP contribution in [0.4, 0.5) is 5.69 Å². The van der Waals surface area contributed by atoms with Crippen LogP contribution in [-0.2, 0) is 6.42 Å². The zero-order chi connectivity index (χ0) is 23.8. The van der Waals surface area contributed by atoms with Crippen molar-refractivity contribution in [3.05, 3.63) is 93.1 Å². The Morgan fingerprint density at radius 1 is 1.09 bits per heavy atom. The van der Waals surface area contributed by atoms with Gasteiger partial charge in [0.1, 0.15) is 10.4 Å². The summed E-state index contributed by atoms with van der Waals surface area (Å²) in [5.74, 6) is 0.338. The number of anilines is 1. The highest BCUT2D eigenvalue weighted by molar-refractivity contribution is 7.80. The molecule has 5 nitrogen and oxygen atoms in total. The molecule has 0 aliphatic heterocycles. The van der Waals surface area contributed by atoms with Gasteiger partial charge < -0.3 is 9.73 Å². The molecular weight excluding hydrogens is 486 g/mol. The van der Waals surface area contributed by atoms with Crippen LogP contribution in [-0.4, -0.2) is 16.0 Å². The average molecular weight is 506 g/mol. The van der Waals surface area contributed by atoms with Crippen molar-refractivity contribution in [1.82, 2.24) is 10.3 Å². The SMILES string of the molecule is Cc1cc2nc(Cc3ccc(NC(=S)NC(=O)c4sc5ccccc5c4Cl)cc3)oc2cc1C. The third kappa shape index (κ3) is 4.55. The van der Waals surface area contributed by atoms with Crippen molar-refractivity contribution in [3.63, 3.8) is 0 Å². The van der Waals surface area contributed by atoms with E-state index in [-0.39, 0.29) is 11.0 Å². The standard InChI is InChI=1S/C26H20ClN3O2S2/c1-14-11-19-20(12-15(14)2)32-22(29-19)13-16-7-9-17(10-8-16)28-26(33)30-25(31)24-23(27)18-5-3-4-6-21(18)34-24/h3-12H,13H2,1-2H3,(H2,28,30,31,33). The number of aromatic nitrogens is 1. The molecule has 2 heterocycles. The molecule has 0 saturated carbocycles. The fraction of sp³-hybridized carbons (Fsp3) is 0.115. The lowest BCUT2D eigenvalue weighted by molar-refractivity contribution is 0.0982. The minimum absolute atomic E-state index is 0.205. The van der Waals surface area contributed by atoms with Gasteiger partial charge in [-0.2, -0.15) is 0 Å². The van der Waals surface area contributed by atoms with Crippen molar-refractivity contribution >= 4 is 73.0 Å². The van der Waals surface area contributed by atoms with Crippen molar-refractivity contribution < 1.29 is 9.21 Å². The van der Waals surface area contributed by atoms with E-state index in [4.69, 9.17) is 28.2 Å². The molecule has 8 heteroatoms. The van der Waals surface area contributed by atoms with Crippen molar-refractivity contribution in [2.75, 3.05) is 5.32 Å². The molecule has 0 unspecified atom stereocenters. The number of nitrogens with one attached hydrogen (secondary N) is 2. The minimum atomic E-state index is -0.332. The molecule has 2 N–H and O–H groups in total. The molecule has 0 bridgehead atoms. The van der Waals surface area contributed by atoms with E-state index in [1.165, 1.54) is 22.5 Å². The Morgan fingerprint density at radius 2 is 1.82 bits per heavy atom. The molecule has 0 atom stereocenters. The van der Waals surface area contributed by atoms with E-state index < -0.39 is 0 Å².